The van der Waals surface area contributed by atoms with Gasteiger partial charge in [-0.2, -0.15) is 0 Å². The lowest BCUT2D eigenvalue weighted by molar-refractivity contribution is -0.148. The average molecular weight is 409 g/mol. The fraction of sp³-hybridized carbons (Fsp3) is 0.440. The molecule has 0 N–H and O–H groups in total. The second kappa shape index (κ2) is 9.43. The zero-order valence-corrected chi connectivity index (χ0v) is 18.5. The first kappa shape index (κ1) is 22.0. The van der Waals surface area contributed by atoms with Crippen molar-refractivity contribution in [2.75, 3.05) is 40.9 Å². The molecule has 1 fully saturated rings. The highest BCUT2D eigenvalue weighted by molar-refractivity contribution is 5.85. The van der Waals surface area contributed by atoms with Crippen LogP contribution in [0.5, 0.6) is 0 Å². The van der Waals surface area contributed by atoms with E-state index in [9.17, 15) is 9.59 Å². The summed E-state index contributed by atoms with van der Waals surface area (Å²) < 4.78 is 5.04. The summed E-state index contributed by atoms with van der Waals surface area (Å²) in [5.74, 6) is 0.0278. The van der Waals surface area contributed by atoms with Crippen LogP contribution in [0, 0.1) is 12.3 Å². The first-order valence-corrected chi connectivity index (χ1v) is 10.5. The largest absolute Gasteiger partial charge is 0.375 e. The third kappa shape index (κ3) is 4.90. The number of hydrogen-bond donors (Lipinski definition) is 0. The van der Waals surface area contributed by atoms with Crippen molar-refractivity contribution in [3.63, 3.8) is 0 Å². The van der Waals surface area contributed by atoms with E-state index in [0.29, 0.717) is 19.5 Å². The van der Waals surface area contributed by atoms with Gasteiger partial charge in [0.25, 0.3) is 0 Å². The van der Waals surface area contributed by atoms with E-state index in [0.717, 1.165) is 24.0 Å². The van der Waals surface area contributed by atoms with Gasteiger partial charge in [0.2, 0.25) is 11.8 Å². The lowest BCUT2D eigenvalue weighted by Gasteiger charge is -2.43. The number of carbonyl (C=O) groups excluding carboxylic acids is 2. The van der Waals surface area contributed by atoms with Crippen LogP contribution in [0.25, 0.3) is 11.1 Å². The van der Waals surface area contributed by atoms with E-state index in [-0.39, 0.29) is 18.4 Å². The van der Waals surface area contributed by atoms with Crippen molar-refractivity contribution in [1.82, 2.24) is 9.80 Å². The van der Waals surface area contributed by atoms with Crippen molar-refractivity contribution in [3.05, 3.63) is 59.7 Å². The molecular weight excluding hydrogens is 376 g/mol. The Morgan fingerprint density at radius 2 is 1.80 bits per heavy atom. The van der Waals surface area contributed by atoms with Crippen LogP contribution in [0.1, 0.15) is 24.0 Å². The minimum absolute atomic E-state index is 0.0507. The Hall–Kier alpha value is -2.66. The first-order chi connectivity index (χ1) is 14.3. The Morgan fingerprint density at radius 3 is 2.47 bits per heavy atom. The predicted molar refractivity (Wildman–Crippen MR) is 119 cm³/mol. The number of nitrogens with zero attached hydrogens (tertiary/aromatic N) is 2. The summed E-state index contributed by atoms with van der Waals surface area (Å²) in [6.45, 7) is 3.25. The topological polar surface area (TPSA) is 49.9 Å². The van der Waals surface area contributed by atoms with E-state index >= 15 is 0 Å². The number of amides is 2. The van der Waals surface area contributed by atoms with Gasteiger partial charge >= 0.3 is 0 Å². The number of rotatable bonds is 6. The van der Waals surface area contributed by atoms with Gasteiger partial charge in [-0.3, -0.25) is 9.59 Å². The van der Waals surface area contributed by atoms with E-state index in [1.807, 2.05) is 0 Å². The number of piperidine rings is 1. The molecule has 1 saturated heterocycles. The summed E-state index contributed by atoms with van der Waals surface area (Å²) in [5, 5.41) is 0. The van der Waals surface area contributed by atoms with Crippen LogP contribution in [0.4, 0.5) is 0 Å². The fourth-order valence-corrected chi connectivity index (χ4v) is 4.50. The Labute approximate surface area is 179 Å². The number of hydrogen-bond acceptors (Lipinski definition) is 3. The molecule has 2 aromatic rings. The maximum atomic E-state index is 13.3. The third-order valence-electron chi connectivity index (χ3n) is 5.88. The Kier molecular flexibility index (Phi) is 6.93. The molecule has 3 rings (SSSR count). The van der Waals surface area contributed by atoms with E-state index in [4.69, 9.17) is 4.74 Å². The molecular formula is C25H32N2O3. The van der Waals surface area contributed by atoms with Crippen molar-refractivity contribution in [3.8, 4) is 11.1 Å². The monoisotopic (exact) mass is 408 g/mol. The molecule has 0 saturated carbocycles. The molecule has 0 aromatic heterocycles. The van der Waals surface area contributed by atoms with Crippen LogP contribution in [0.2, 0.25) is 0 Å². The maximum Gasteiger partial charge on any atom is 0.248 e. The molecule has 0 unspecified atom stereocenters. The van der Waals surface area contributed by atoms with E-state index in [1.165, 1.54) is 18.2 Å². The van der Waals surface area contributed by atoms with Gasteiger partial charge in [-0.05, 0) is 42.9 Å². The quantitative estimate of drug-likeness (QED) is 0.735. The SMILES string of the molecule is COCC(=O)N1CCC[C@](Cc2cccc(-c3cccc(C)c3)c2)(C(=O)N(C)C)C1. The smallest absolute Gasteiger partial charge is 0.248 e. The lowest BCUT2D eigenvalue weighted by Crippen LogP contribution is -2.54. The van der Waals surface area contributed by atoms with Gasteiger partial charge in [0, 0.05) is 34.3 Å². The standard InChI is InChI=1S/C25H32N2O3/c1-19-8-5-10-21(14-19)22-11-6-9-20(15-22)16-25(24(29)26(2)3)12-7-13-27(18-25)23(28)17-30-4/h5-6,8-11,14-15H,7,12-13,16-18H2,1-4H3/t25-/m1/s1. The molecule has 2 aromatic carbocycles. The summed E-state index contributed by atoms with van der Waals surface area (Å²) in [7, 11) is 5.11. The third-order valence-corrected chi connectivity index (χ3v) is 5.88. The first-order valence-electron chi connectivity index (χ1n) is 10.5. The minimum atomic E-state index is -0.615. The molecule has 5 heteroatoms. The van der Waals surface area contributed by atoms with Gasteiger partial charge in [-0.15, -0.1) is 0 Å². The van der Waals surface area contributed by atoms with Crippen molar-refractivity contribution in [2.45, 2.75) is 26.2 Å². The fourth-order valence-electron chi connectivity index (χ4n) is 4.50. The van der Waals surface area contributed by atoms with Crippen LogP contribution in [-0.4, -0.2) is 62.5 Å². The second-order valence-corrected chi connectivity index (χ2v) is 8.58. The summed E-state index contributed by atoms with van der Waals surface area (Å²) >= 11 is 0. The highest BCUT2D eigenvalue weighted by atomic mass is 16.5. The molecule has 1 heterocycles. The van der Waals surface area contributed by atoms with Crippen molar-refractivity contribution in [2.24, 2.45) is 5.41 Å². The van der Waals surface area contributed by atoms with Crippen LogP contribution in [-0.2, 0) is 20.7 Å². The number of carbonyl (C=O) groups is 2. The van der Waals surface area contributed by atoms with Gasteiger partial charge in [0.05, 0.1) is 5.41 Å². The Morgan fingerprint density at radius 1 is 1.10 bits per heavy atom. The van der Waals surface area contributed by atoms with Gasteiger partial charge in [0.1, 0.15) is 6.61 Å². The number of aryl methyl sites for hydroxylation is 1. The van der Waals surface area contributed by atoms with E-state index < -0.39 is 5.41 Å². The molecule has 0 bridgehead atoms. The zero-order valence-electron chi connectivity index (χ0n) is 18.5. The number of methoxy groups -OCH3 is 1. The normalized spacial score (nSPS) is 18.9. The van der Waals surface area contributed by atoms with Gasteiger partial charge in [0.15, 0.2) is 0 Å². The van der Waals surface area contributed by atoms with Crippen molar-refractivity contribution in [1.29, 1.82) is 0 Å². The number of ether oxygens (including phenoxy) is 1. The van der Waals surface area contributed by atoms with E-state index in [1.54, 1.807) is 23.9 Å². The lowest BCUT2D eigenvalue weighted by atomic mass is 9.73. The maximum absolute atomic E-state index is 13.3. The van der Waals surface area contributed by atoms with Gasteiger partial charge in [-0.25, -0.2) is 0 Å². The molecule has 30 heavy (non-hydrogen) atoms. The van der Waals surface area contributed by atoms with E-state index in [2.05, 4.69) is 55.5 Å². The highest BCUT2D eigenvalue weighted by Gasteiger charge is 2.44. The molecule has 1 aliphatic rings. The molecule has 0 aliphatic carbocycles. The second-order valence-electron chi connectivity index (χ2n) is 8.58. The van der Waals surface area contributed by atoms with Crippen LogP contribution in [0.15, 0.2) is 48.5 Å². The van der Waals surface area contributed by atoms with Gasteiger partial charge < -0.3 is 14.5 Å². The summed E-state index contributed by atoms with van der Waals surface area (Å²) in [6, 6.07) is 16.9. The highest BCUT2D eigenvalue weighted by Crippen LogP contribution is 2.36. The molecule has 160 valence electrons. The average Bonchev–Trinajstić information content (AvgIpc) is 2.73. The molecule has 0 radical (unpaired) electrons. The summed E-state index contributed by atoms with van der Waals surface area (Å²) in [5.41, 5.74) is 4.04. The molecule has 2 amide bonds. The summed E-state index contributed by atoms with van der Waals surface area (Å²) in [4.78, 5) is 29.2. The summed E-state index contributed by atoms with van der Waals surface area (Å²) in [6.07, 6.45) is 2.20. The molecule has 1 atom stereocenters. The zero-order chi connectivity index (χ0) is 21.7. The Bertz CT molecular complexity index is 909. The van der Waals surface area contributed by atoms with Gasteiger partial charge in [-0.1, -0.05) is 54.1 Å². The van der Waals surface area contributed by atoms with Crippen LogP contribution < -0.4 is 0 Å². The molecule has 5 nitrogen and oxygen atoms in total. The Balaban J connectivity index is 1.92. The predicted octanol–water partition coefficient (Wildman–Crippen LogP) is 3.55. The molecule has 1 aliphatic heterocycles. The minimum Gasteiger partial charge on any atom is -0.375 e. The number of likely N-dealkylation sites (tertiary alicyclic amines) is 1. The van der Waals surface area contributed by atoms with Crippen LogP contribution in [0.3, 0.4) is 0 Å². The van der Waals surface area contributed by atoms with Crippen molar-refractivity contribution < 1.29 is 14.3 Å². The van der Waals surface area contributed by atoms with Crippen LogP contribution >= 0.6 is 0 Å². The number of benzene rings is 2. The van der Waals surface area contributed by atoms with Crippen molar-refractivity contribution >= 4 is 11.8 Å². The molecule has 0 spiro atoms.